The van der Waals surface area contributed by atoms with Gasteiger partial charge in [-0.15, -0.1) is 11.3 Å². The Morgan fingerprint density at radius 3 is 2.31 bits per heavy atom. The molecule has 1 N–H and O–H groups in total. The number of nitrogens with one attached hydrogen (secondary N) is 1. The summed E-state index contributed by atoms with van der Waals surface area (Å²) in [5, 5.41) is 11.1. The number of rotatable bonds is 8. The number of thiophene rings is 1. The van der Waals surface area contributed by atoms with Crippen molar-refractivity contribution in [2.24, 2.45) is 0 Å². The van der Waals surface area contributed by atoms with Crippen LogP contribution in [0.15, 0.2) is 42.5 Å². The van der Waals surface area contributed by atoms with Gasteiger partial charge in [0.15, 0.2) is 0 Å². The Labute approximate surface area is 203 Å². The highest BCUT2D eigenvalue weighted by atomic mass is 32.1. The third-order valence-electron chi connectivity index (χ3n) is 4.98. The van der Waals surface area contributed by atoms with Gasteiger partial charge < -0.3 is 9.57 Å². The number of amides is 1. The van der Waals surface area contributed by atoms with Gasteiger partial charge in [0.2, 0.25) is 0 Å². The number of carbonyl (C=O) groups is 2. The molecule has 0 saturated heterocycles. The van der Waals surface area contributed by atoms with Gasteiger partial charge in [0, 0.05) is 29.6 Å². The highest BCUT2D eigenvalue weighted by Crippen LogP contribution is 2.43. The van der Waals surface area contributed by atoms with E-state index in [1.165, 1.54) is 37.4 Å². The van der Waals surface area contributed by atoms with Crippen LogP contribution in [-0.2, 0) is 16.1 Å². The number of esters is 1. The molecule has 1 aromatic heterocycles. The zero-order valence-corrected chi connectivity index (χ0v) is 19.8. The number of carbonyl (C=O) groups excluding carboxylic acids is 2. The second-order valence-corrected chi connectivity index (χ2v) is 8.12. The molecular formula is C23H21F2N3O6S. The number of halogens is 2. The van der Waals surface area contributed by atoms with Gasteiger partial charge in [-0.05, 0) is 49.2 Å². The lowest BCUT2D eigenvalue weighted by molar-refractivity contribution is -0.384. The molecule has 35 heavy (non-hydrogen) atoms. The second-order valence-electron chi connectivity index (χ2n) is 7.12. The Morgan fingerprint density at radius 2 is 1.77 bits per heavy atom. The lowest BCUT2D eigenvalue weighted by atomic mass is 10.1. The van der Waals surface area contributed by atoms with Crippen molar-refractivity contribution >= 4 is 34.1 Å². The van der Waals surface area contributed by atoms with Crippen molar-refractivity contribution in [3.8, 4) is 10.4 Å². The number of nitro benzene ring substituents is 1. The van der Waals surface area contributed by atoms with E-state index in [9.17, 15) is 28.5 Å². The van der Waals surface area contributed by atoms with Crippen LogP contribution in [0, 0.1) is 28.7 Å². The van der Waals surface area contributed by atoms with E-state index in [4.69, 9.17) is 9.57 Å². The highest BCUT2D eigenvalue weighted by molar-refractivity contribution is 7.20. The number of hydroxylamine groups is 1. The Bertz CT molecular complexity index is 1240. The second kappa shape index (κ2) is 11.0. The molecule has 0 radical (unpaired) electrons. The lowest BCUT2D eigenvalue weighted by Gasteiger charge is -2.22. The molecule has 0 aliphatic heterocycles. The SMILES string of the molecule is CCOC(=O)c1c(N(Cc2c(F)cccc2F)C(=O)ONC)sc(-c2ccc([N+](=O)[O-])cc2)c1C. The van der Waals surface area contributed by atoms with Gasteiger partial charge in [0.25, 0.3) is 5.69 Å². The number of hydrogen-bond donors (Lipinski definition) is 1. The first-order chi connectivity index (χ1) is 16.7. The van der Waals surface area contributed by atoms with Gasteiger partial charge in [-0.2, -0.15) is 5.48 Å². The maximum Gasteiger partial charge on any atom is 0.434 e. The molecule has 12 heteroatoms. The van der Waals surface area contributed by atoms with Crippen molar-refractivity contribution < 1.29 is 32.9 Å². The standard InChI is InChI=1S/C23H21F2N3O6S/c1-4-33-22(29)19-13(2)20(14-8-10-15(11-9-14)28(31)32)35-21(19)27(23(30)34-26-3)12-16-17(24)6-5-7-18(16)25/h5-11,26H,4,12H2,1-3H3. The molecule has 3 aromatic rings. The van der Waals surface area contributed by atoms with Crippen molar-refractivity contribution in [1.82, 2.24) is 5.48 Å². The number of anilines is 1. The first-order valence-corrected chi connectivity index (χ1v) is 11.1. The van der Waals surface area contributed by atoms with Crippen molar-refractivity contribution in [2.75, 3.05) is 18.6 Å². The minimum Gasteiger partial charge on any atom is -0.462 e. The molecule has 1 heterocycles. The molecule has 0 fully saturated rings. The van der Waals surface area contributed by atoms with Crippen molar-refractivity contribution in [3.63, 3.8) is 0 Å². The van der Waals surface area contributed by atoms with Crippen molar-refractivity contribution in [2.45, 2.75) is 20.4 Å². The summed E-state index contributed by atoms with van der Waals surface area (Å²) in [5.41, 5.74) is 2.67. The van der Waals surface area contributed by atoms with Gasteiger partial charge in [0.05, 0.1) is 23.6 Å². The summed E-state index contributed by atoms with van der Waals surface area (Å²) in [4.78, 5) is 42.5. The first kappa shape index (κ1) is 25.7. The quantitative estimate of drug-likeness (QED) is 0.249. The van der Waals surface area contributed by atoms with E-state index in [1.54, 1.807) is 13.8 Å². The molecular weight excluding hydrogens is 484 g/mol. The van der Waals surface area contributed by atoms with E-state index in [2.05, 4.69) is 5.48 Å². The molecule has 0 unspecified atom stereocenters. The average molecular weight is 505 g/mol. The Hall–Kier alpha value is -3.90. The Morgan fingerprint density at radius 1 is 1.14 bits per heavy atom. The van der Waals surface area contributed by atoms with Crippen LogP contribution in [0.5, 0.6) is 0 Å². The van der Waals surface area contributed by atoms with E-state index < -0.39 is 40.7 Å². The third-order valence-corrected chi connectivity index (χ3v) is 6.34. The minimum atomic E-state index is -1.02. The fraction of sp³-hybridized carbons (Fsp3) is 0.217. The number of non-ortho nitro benzene ring substituents is 1. The normalized spacial score (nSPS) is 10.7. The molecule has 1 amide bonds. The number of nitro groups is 1. The van der Waals surface area contributed by atoms with Crippen LogP contribution in [0.3, 0.4) is 0 Å². The molecule has 184 valence electrons. The molecule has 0 aliphatic carbocycles. The largest absolute Gasteiger partial charge is 0.462 e. The summed E-state index contributed by atoms with van der Waals surface area (Å²) >= 11 is 0.983. The summed E-state index contributed by atoms with van der Waals surface area (Å²) in [6.45, 7) is 2.70. The van der Waals surface area contributed by atoms with Crippen molar-refractivity contribution in [1.29, 1.82) is 0 Å². The van der Waals surface area contributed by atoms with E-state index in [1.807, 2.05) is 0 Å². The van der Waals surface area contributed by atoms with Crippen molar-refractivity contribution in [3.05, 3.63) is 80.9 Å². The van der Waals surface area contributed by atoms with Gasteiger partial charge in [-0.25, -0.2) is 18.4 Å². The summed E-state index contributed by atoms with van der Waals surface area (Å²) in [6, 6.07) is 8.91. The van der Waals surface area contributed by atoms with Gasteiger partial charge in [-0.3, -0.25) is 15.0 Å². The summed E-state index contributed by atoms with van der Waals surface area (Å²) < 4.78 is 34.0. The average Bonchev–Trinajstić information content (AvgIpc) is 3.16. The maximum absolute atomic E-state index is 14.4. The van der Waals surface area contributed by atoms with Crippen LogP contribution in [0.4, 0.5) is 24.3 Å². The summed E-state index contributed by atoms with van der Waals surface area (Å²) in [6.07, 6.45) is -1.02. The maximum atomic E-state index is 14.4. The van der Waals surface area contributed by atoms with Gasteiger partial charge in [0.1, 0.15) is 16.6 Å². The number of ether oxygens (including phenoxy) is 1. The zero-order chi connectivity index (χ0) is 25.7. The van der Waals surface area contributed by atoms with Crippen LogP contribution in [0.2, 0.25) is 0 Å². The predicted octanol–water partition coefficient (Wildman–Crippen LogP) is 5.36. The van der Waals surface area contributed by atoms with E-state index >= 15 is 0 Å². The molecule has 0 aliphatic rings. The zero-order valence-electron chi connectivity index (χ0n) is 19.0. The van der Waals surface area contributed by atoms with E-state index in [-0.39, 0.29) is 22.9 Å². The molecule has 3 rings (SSSR count). The lowest BCUT2D eigenvalue weighted by Crippen LogP contribution is -2.35. The summed E-state index contributed by atoms with van der Waals surface area (Å²) in [5.74, 6) is -2.51. The van der Waals surface area contributed by atoms with E-state index in [0.29, 0.717) is 16.0 Å². The molecule has 9 nitrogen and oxygen atoms in total. The summed E-state index contributed by atoms with van der Waals surface area (Å²) in [7, 11) is 1.33. The minimum absolute atomic E-state index is 0.00926. The predicted molar refractivity (Wildman–Crippen MR) is 125 cm³/mol. The smallest absolute Gasteiger partial charge is 0.434 e. The Kier molecular flexibility index (Phi) is 8.10. The molecule has 0 bridgehead atoms. The van der Waals surface area contributed by atoms with Crippen LogP contribution in [-0.4, -0.2) is 30.6 Å². The van der Waals surface area contributed by atoms with Gasteiger partial charge in [-0.1, -0.05) is 6.07 Å². The molecule has 2 aromatic carbocycles. The highest BCUT2D eigenvalue weighted by Gasteiger charge is 2.32. The van der Waals surface area contributed by atoms with E-state index in [0.717, 1.165) is 28.4 Å². The topological polar surface area (TPSA) is 111 Å². The van der Waals surface area contributed by atoms with Crippen LogP contribution < -0.4 is 10.4 Å². The molecule has 0 saturated carbocycles. The van der Waals surface area contributed by atoms with Crippen LogP contribution >= 0.6 is 11.3 Å². The van der Waals surface area contributed by atoms with Crippen LogP contribution in [0.1, 0.15) is 28.4 Å². The van der Waals surface area contributed by atoms with Gasteiger partial charge >= 0.3 is 12.1 Å². The number of nitrogens with zero attached hydrogens (tertiary/aromatic N) is 2. The molecule has 0 atom stereocenters. The number of benzene rings is 2. The fourth-order valence-corrected chi connectivity index (χ4v) is 4.64. The number of hydrogen-bond acceptors (Lipinski definition) is 8. The first-order valence-electron chi connectivity index (χ1n) is 10.3. The van der Waals surface area contributed by atoms with Crippen LogP contribution in [0.25, 0.3) is 10.4 Å². The Balaban J connectivity index is 2.20. The monoisotopic (exact) mass is 505 g/mol. The fourth-order valence-electron chi connectivity index (χ4n) is 3.35. The third kappa shape index (κ3) is 5.44. The molecule has 0 spiro atoms.